The van der Waals surface area contributed by atoms with Crippen LogP contribution in [0.5, 0.6) is 0 Å². The highest BCUT2D eigenvalue weighted by molar-refractivity contribution is 7.92. The molecule has 0 radical (unpaired) electrons. The van der Waals surface area contributed by atoms with Gasteiger partial charge in [0.1, 0.15) is 0 Å². The molecule has 0 unspecified atom stereocenters. The van der Waals surface area contributed by atoms with E-state index in [9.17, 15) is 64.8 Å². The van der Waals surface area contributed by atoms with Crippen molar-refractivity contribution in [2.24, 2.45) is 0 Å². The summed E-state index contributed by atoms with van der Waals surface area (Å²) in [4.78, 5) is -0.955. The van der Waals surface area contributed by atoms with Crippen LogP contribution in [-0.2, 0) is 29.5 Å². The maximum Gasteiger partial charge on any atom is 0.501 e. The van der Waals surface area contributed by atoms with Crippen LogP contribution in [0.15, 0.2) is 160 Å². The first-order chi connectivity index (χ1) is 29.9. The number of sulfone groups is 3. The maximum absolute atomic E-state index is 12.9. The first-order valence-electron chi connectivity index (χ1n) is 17.8. The van der Waals surface area contributed by atoms with E-state index in [0.29, 0.717) is 33.8 Å². The largest absolute Gasteiger partial charge is 0.501 e. The van der Waals surface area contributed by atoms with E-state index in [1.165, 1.54) is 0 Å². The van der Waals surface area contributed by atoms with E-state index in [-0.39, 0.29) is 16.7 Å². The van der Waals surface area contributed by atoms with Crippen LogP contribution >= 0.6 is 0 Å². The van der Waals surface area contributed by atoms with Crippen LogP contribution in [0.2, 0.25) is 0 Å². The SMILES string of the molecule is O=S(=O)(c1ccc(C#Cc2ccc(N(c3ccc(C#Cc4ccc(S(=O)(=O)C(F)(F)F)cc4)cc3)c3ccc(C#Cc4ccc(S(=O)(=O)C(F)(F)F)cc4)cc3)cc2)cc1)C(F)(F)F. The van der Waals surface area contributed by atoms with Crippen molar-refractivity contribution in [3.05, 3.63) is 179 Å². The second-order valence-electron chi connectivity index (χ2n) is 13.1. The molecule has 0 fully saturated rings. The monoisotopic (exact) mass is 941 g/mol. The Bertz CT molecular complexity index is 2870. The molecule has 7 nitrogen and oxygen atoms in total. The smallest absolute Gasteiger partial charge is 0.311 e. The molecule has 19 heteroatoms. The number of hydrogen-bond acceptors (Lipinski definition) is 7. The second-order valence-corrected chi connectivity index (χ2v) is 19.0. The summed E-state index contributed by atoms with van der Waals surface area (Å²) in [6.07, 6.45) is 0. The average Bonchev–Trinajstić information content (AvgIpc) is 3.25. The zero-order valence-corrected chi connectivity index (χ0v) is 34.3. The summed E-state index contributed by atoms with van der Waals surface area (Å²) in [6, 6.07) is 32.0. The van der Waals surface area contributed by atoms with Gasteiger partial charge in [-0.25, -0.2) is 25.3 Å². The van der Waals surface area contributed by atoms with E-state index in [1.807, 2.05) is 4.90 Å². The predicted octanol–water partition coefficient (Wildman–Crippen LogP) is 10.2. The number of hydrogen-bond donors (Lipinski definition) is 0. The van der Waals surface area contributed by atoms with Crippen LogP contribution in [0.25, 0.3) is 0 Å². The van der Waals surface area contributed by atoms with E-state index >= 15 is 0 Å². The standard InChI is InChI=1S/C45H24F9NO6S3/c46-43(47,48)62(56,57)40-25-13-34(14-26-40)4-1-31-7-19-37(20-8-31)55(38-21-9-32(10-22-38)2-5-35-15-27-41(28-16-35)63(58,59)44(49,50)51)39-23-11-33(12-24-39)3-6-36-17-29-42(30-18-36)64(60,61)45(52,53)54/h7-30H. The third-order valence-corrected chi connectivity index (χ3v) is 13.3. The number of benzene rings is 6. The lowest BCUT2D eigenvalue weighted by Gasteiger charge is -2.25. The normalized spacial score (nSPS) is 12.1. The fourth-order valence-corrected chi connectivity index (χ4v) is 7.80. The summed E-state index contributed by atoms with van der Waals surface area (Å²) in [5.41, 5.74) is -12.4. The minimum Gasteiger partial charge on any atom is -0.311 e. The molecule has 326 valence electrons. The molecule has 0 spiro atoms. The predicted molar refractivity (Wildman–Crippen MR) is 218 cm³/mol. The molecule has 0 amide bonds. The van der Waals surface area contributed by atoms with Crippen LogP contribution in [0, 0.1) is 35.5 Å². The Hall–Kier alpha value is -6.98. The molecule has 0 saturated carbocycles. The minimum absolute atomic E-state index is 0.246. The summed E-state index contributed by atoms with van der Waals surface area (Å²) in [7, 11) is -16.6. The molecule has 0 bridgehead atoms. The molecule has 0 heterocycles. The van der Waals surface area contributed by atoms with Crippen molar-refractivity contribution < 1.29 is 64.8 Å². The van der Waals surface area contributed by atoms with Crippen molar-refractivity contribution in [1.29, 1.82) is 0 Å². The Kier molecular flexibility index (Phi) is 12.8. The van der Waals surface area contributed by atoms with Crippen molar-refractivity contribution in [3.8, 4) is 35.5 Å². The summed E-state index contributed by atoms with van der Waals surface area (Å²) < 4.78 is 187. The molecule has 0 atom stereocenters. The van der Waals surface area contributed by atoms with Gasteiger partial charge in [-0.05, 0) is 146 Å². The van der Waals surface area contributed by atoms with E-state index in [0.717, 1.165) is 72.8 Å². The van der Waals surface area contributed by atoms with Crippen molar-refractivity contribution in [1.82, 2.24) is 0 Å². The average molecular weight is 942 g/mol. The van der Waals surface area contributed by atoms with Gasteiger partial charge in [-0.1, -0.05) is 35.5 Å². The van der Waals surface area contributed by atoms with Crippen LogP contribution in [0.1, 0.15) is 33.4 Å². The summed E-state index contributed by atoms with van der Waals surface area (Å²) in [5, 5.41) is 0. The highest BCUT2D eigenvalue weighted by atomic mass is 32.2. The van der Waals surface area contributed by atoms with Crippen molar-refractivity contribution in [2.75, 3.05) is 4.90 Å². The first kappa shape index (κ1) is 46.5. The van der Waals surface area contributed by atoms with Gasteiger partial charge < -0.3 is 4.90 Å². The number of alkyl halides is 9. The molecule has 0 aliphatic carbocycles. The lowest BCUT2D eigenvalue weighted by Crippen LogP contribution is -2.23. The van der Waals surface area contributed by atoms with Crippen molar-refractivity contribution in [2.45, 2.75) is 31.2 Å². The Balaban J connectivity index is 1.27. The topological polar surface area (TPSA) is 106 Å². The van der Waals surface area contributed by atoms with Crippen molar-refractivity contribution in [3.63, 3.8) is 0 Å². The molecule has 6 aromatic rings. The third kappa shape index (κ3) is 10.3. The Morgan fingerprint density at radius 1 is 0.281 bits per heavy atom. The van der Waals surface area contributed by atoms with Crippen molar-refractivity contribution >= 4 is 46.6 Å². The molecule has 0 saturated heterocycles. The molecule has 6 rings (SSSR count). The summed E-state index contributed by atoms with van der Waals surface area (Å²) in [6.45, 7) is 0. The quantitative estimate of drug-likeness (QED) is 0.121. The Morgan fingerprint density at radius 2 is 0.438 bits per heavy atom. The number of halogens is 9. The van der Waals surface area contributed by atoms with Gasteiger partial charge in [-0.2, -0.15) is 39.5 Å². The van der Waals surface area contributed by atoms with Gasteiger partial charge in [-0.15, -0.1) is 0 Å². The van der Waals surface area contributed by atoms with E-state index in [4.69, 9.17) is 0 Å². The van der Waals surface area contributed by atoms with Gasteiger partial charge in [0.2, 0.25) is 0 Å². The zero-order chi connectivity index (χ0) is 46.7. The van der Waals surface area contributed by atoms with E-state index in [2.05, 4.69) is 35.5 Å². The first-order valence-corrected chi connectivity index (χ1v) is 22.2. The Labute approximate surface area is 360 Å². The molecule has 6 aromatic carbocycles. The summed E-state index contributed by atoms with van der Waals surface area (Å²) >= 11 is 0. The zero-order valence-electron chi connectivity index (χ0n) is 31.9. The van der Waals surface area contributed by atoms with Crippen LogP contribution in [-0.4, -0.2) is 41.8 Å². The van der Waals surface area contributed by atoms with Gasteiger partial charge in [0, 0.05) is 50.4 Å². The highest BCUT2D eigenvalue weighted by Crippen LogP contribution is 2.36. The molecule has 0 aliphatic rings. The minimum atomic E-state index is -5.53. The fourth-order valence-electron chi connectivity index (χ4n) is 5.51. The fraction of sp³-hybridized carbons (Fsp3) is 0.0667. The second kappa shape index (κ2) is 17.7. The molecule has 0 N–H and O–H groups in total. The van der Waals surface area contributed by atoms with Gasteiger partial charge in [-0.3, -0.25) is 0 Å². The van der Waals surface area contributed by atoms with Crippen LogP contribution < -0.4 is 4.90 Å². The lowest BCUT2D eigenvalue weighted by molar-refractivity contribution is -0.0442. The van der Waals surface area contributed by atoms with Crippen LogP contribution in [0.3, 0.4) is 0 Å². The third-order valence-electron chi connectivity index (χ3n) is 8.84. The lowest BCUT2D eigenvalue weighted by atomic mass is 10.1. The molecule has 0 aliphatic heterocycles. The van der Waals surface area contributed by atoms with E-state index < -0.39 is 60.7 Å². The van der Waals surface area contributed by atoms with Gasteiger partial charge in [0.15, 0.2) is 0 Å². The number of anilines is 3. The summed E-state index contributed by atoms with van der Waals surface area (Å²) in [5.74, 6) is 16.9. The number of rotatable bonds is 6. The molecular formula is C45H24F9NO6S3. The van der Waals surface area contributed by atoms with Gasteiger partial charge in [0.25, 0.3) is 29.5 Å². The van der Waals surface area contributed by atoms with E-state index in [1.54, 1.807) is 72.8 Å². The Morgan fingerprint density at radius 3 is 0.594 bits per heavy atom. The van der Waals surface area contributed by atoms with Crippen LogP contribution in [0.4, 0.5) is 56.6 Å². The number of nitrogens with zero attached hydrogens (tertiary/aromatic N) is 1. The maximum atomic E-state index is 12.9. The molecule has 64 heavy (non-hydrogen) atoms. The van der Waals surface area contributed by atoms with Gasteiger partial charge >= 0.3 is 16.5 Å². The highest BCUT2D eigenvalue weighted by Gasteiger charge is 2.48. The molecule has 0 aromatic heterocycles. The van der Waals surface area contributed by atoms with Gasteiger partial charge in [0.05, 0.1) is 14.7 Å². The molecular weight excluding hydrogens is 918 g/mol.